The van der Waals surface area contributed by atoms with Gasteiger partial charge in [0.25, 0.3) is 5.91 Å². The molecule has 9 nitrogen and oxygen atoms in total. The monoisotopic (exact) mass is 465 g/mol. The van der Waals surface area contributed by atoms with E-state index in [-0.39, 0.29) is 41.3 Å². The van der Waals surface area contributed by atoms with Gasteiger partial charge >= 0.3 is 17.9 Å². The Balaban J connectivity index is 1.72. The molecule has 0 radical (unpaired) electrons. The fourth-order valence-corrected chi connectivity index (χ4v) is 3.16. The number of hydrogen-bond donors (Lipinski definition) is 2. The van der Waals surface area contributed by atoms with Crippen molar-refractivity contribution in [3.05, 3.63) is 71.3 Å². The Hall–Kier alpha value is -4.40. The van der Waals surface area contributed by atoms with E-state index < -0.39 is 30.4 Å². The summed E-state index contributed by atoms with van der Waals surface area (Å²) in [6, 6.07) is 14.0. The largest absolute Gasteiger partial charge is 0.507 e. The summed E-state index contributed by atoms with van der Waals surface area (Å²) in [6.07, 6.45) is 0. The molecule has 34 heavy (non-hydrogen) atoms. The fraction of sp³-hybridized carbons (Fsp3) is 0.200. The Bertz CT molecular complexity index is 1210. The Morgan fingerprint density at radius 1 is 0.765 bits per heavy atom. The third kappa shape index (κ3) is 5.89. The van der Waals surface area contributed by atoms with Crippen LogP contribution in [-0.2, 0) is 19.0 Å². The van der Waals surface area contributed by atoms with Crippen LogP contribution in [0.5, 0.6) is 5.75 Å². The number of benzene rings is 3. The van der Waals surface area contributed by atoms with Gasteiger partial charge in [-0.2, -0.15) is 0 Å². The number of phenols is 1. The number of hydrogen-bond acceptors (Lipinski definition) is 8. The molecule has 0 atom stereocenters. The fourth-order valence-electron chi connectivity index (χ4n) is 3.16. The van der Waals surface area contributed by atoms with E-state index in [9.17, 15) is 24.3 Å². The Kier molecular flexibility index (Phi) is 7.81. The number of fused-ring (bicyclic) bond motifs is 1. The van der Waals surface area contributed by atoms with Crippen LogP contribution in [0.15, 0.2) is 54.6 Å². The minimum Gasteiger partial charge on any atom is -0.507 e. The van der Waals surface area contributed by atoms with E-state index in [1.165, 1.54) is 30.3 Å². The summed E-state index contributed by atoms with van der Waals surface area (Å²) in [7, 11) is 0. The molecular weight excluding hydrogens is 442 g/mol. The lowest BCUT2D eigenvalue weighted by Gasteiger charge is -2.11. The zero-order chi connectivity index (χ0) is 24.7. The molecule has 3 aromatic carbocycles. The maximum absolute atomic E-state index is 12.4. The molecule has 0 heterocycles. The van der Waals surface area contributed by atoms with Gasteiger partial charge in [-0.1, -0.05) is 24.3 Å². The summed E-state index contributed by atoms with van der Waals surface area (Å²) >= 11 is 0. The van der Waals surface area contributed by atoms with Gasteiger partial charge in [0.15, 0.2) is 6.61 Å². The Morgan fingerprint density at radius 2 is 1.32 bits per heavy atom. The molecule has 176 valence electrons. The summed E-state index contributed by atoms with van der Waals surface area (Å²) in [4.78, 5) is 49.1. The van der Waals surface area contributed by atoms with Crippen LogP contribution in [0.1, 0.15) is 44.9 Å². The molecule has 0 unspecified atom stereocenters. The molecule has 0 aliphatic rings. The van der Waals surface area contributed by atoms with Gasteiger partial charge in [0.2, 0.25) is 0 Å². The Morgan fingerprint density at radius 3 is 1.88 bits per heavy atom. The number of phenolic OH excluding ortho intramolecular Hbond substituents is 1. The minimum atomic E-state index is -0.883. The van der Waals surface area contributed by atoms with Gasteiger partial charge in [-0.05, 0) is 55.0 Å². The van der Waals surface area contributed by atoms with Gasteiger partial charge in [-0.3, -0.25) is 4.79 Å². The SMILES string of the molecule is CCOC(=O)c1cc(NC(=O)COC(=O)c2cc3ccccc3cc2O)cc(C(=O)OCC)c1. The van der Waals surface area contributed by atoms with Gasteiger partial charge in [-0.15, -0.1) is 0 Å². The second-order valence-electron chi connectivity index (χ2n) is 7.08. The zero-order valence-electron chi connectivity index (χ0n) is 18.6. The number of nitrogens with one attached hydrogen (secondary N) is 1. The van der Waals surface area contributed by atoms with E-state index >= 15 is 0 Å². The van der Waals surface area contributed by atoms with Crippen molar-refractivity contribution in [1.29, 1.82) is 0 Å². The molecule has 0 bridgehead atoms. The van der Waals surface area contributed by atoms with Crippen LogP contribution in [0.2, 0.25) is 0 Å². The number of ether oxygens (including phenoxy) is 3. The zero-order valence-corrected chi connectivity index (χ0v) is 18.6. The molecular formula is C25H23NO8. The van der Waals surface area contributed by atoms with Crippen molar-refractivity contribution in [1.82, 2.24) is 0 Å². The summed E-state index contributed by atoms with van der Waals surface area (Å²) in [5, 5.41) is 14.1. The van der Waals surface area contributed by atoms with Crippen LogP contribution in [0, 0.1) is 0 Å². The van der Waals surface area contributed by atoms with Crippen LogP contribution >= 0.6 is 0 Å². The molecule has 0 saturated carbocycles. The second kappa shape index (κ2) is 11.0. The van der Waals surface area contributed by atoms with Crippen LogP contribution in [0.4, 0.5) is 5.69 Å². The number of aromatic hydroxyl groups is 1. The number of carbonyl (C=O) groups is 4. The van der Waals surface area contributed by atoms with Gasteiger partial charge in [0.05, 0.1) is 24.3 Å². The first-order chi connectivity index (χ1) is 16.3. The minimum absolute atomic E-state index is 0.0424. The highest BCUT2D eigenvalue weighted by Crippen LogP contribution is 2.25. The summed E-state index contributed by atoms with van der Waals surface area (Å²) in [6.45, 7) is 2.86. The third-order valence-electron chi connectivity index (χ3n) is 4.66. The number of anilines is 1. The number of amides is 1. The third-order valence-corrected chi connectivity index (χ3v) is 4.66. The number of carbonyl (C=O) groups excluding carboxylic acids is 4. The standard InChI is InChI=1S/C25H23NO8/c1-3-32-23(29)17-9-18(24(30)33-4-2)11-19(10-17)26-22(28)14-34-25(31)20-12-15-7-5-6-8-16(15)13-21(20)27/h5-13,27H,3-4,14H2,1-2H3,(H,26,28). The highest BCUT2D eigenvalue weighted by molar-refractivity contribution is 6.02. The maximum Gasteiger partial charge on any atom is 0.342 e. The van der Waals surface area contributed by atoms with Crippen molar-refractivity contribution in [3.63, 3.8) is 0 Å². The smallest absolute Gasteiger partial charge is 0.342 e. The molecule has 2 N–H and O–H groups in total. The molecule has 0 spiro atoms. The molecule has 1 amide bonds. The van der Waals surface area contributed by atoms with Crippen molar-refractivity contribution in [2.24, 2.45) is 0 Å². The first kappa shape index (κ1) is 24.2. The lowest BCUT2D eigenvalue weighted by atomic mass is 10.1. The molecule has 0 aliphatic carbocycles. The first-order valence-corrected chi connectivity index (χ1v) is 10.5. The van der Waals surface area contributed by atoms with E-state index in [2.05, 4.69) is 5.32 Å². The summed E-state index contributed by atoms with van der Waals surface area (Å²) < 4.78 is 14.9. The van der Waals surface area contributed by atoms with E-state index in [4.69, 9.17) is 14.2 Å². The summed E-state index contributed by atoms with van der Waals surface area (Å²) in [5.41, 5.74) is 0.116. The first-order valence-electron chi connectivity index (χ1n) is 10.5. The average molecular weight is 465 g/mol. The van der Waals surface area contributed by atoms with Crippen molar-refractivity contribution in [3.8, 4) is 5.75 Å². The molecule has 0 saturated heterocycles. The Labute approximate surface area is 195 Å². The van der Waals surface area contributed by atoms with Crippen LogP contribution in [0.3, 0.4) is 0 Å². The quantitative estimate of drug-likeness (QED) is 0.381. The van der Waals surface area contributed by atoms with Crippen molar-refractivity contribution < 1.29 is 38.5 Å². The van der Waals surface area contributed by atoms with Crippen LogP contribution < -0.4 is 5.32 Å². The van der Waals surface area contributed by atoms with E-state index in [1.807, 2.05) is 0 Å². The van der Waals surface area contributed by atoms with Crippen molar-refractivity contribution in [2.45, 2.75) is 13.8 Å². The number of rotatable bonds is 8. The lowest BCUT2D eigenvalue weighted by molar-refractivity contribution is -0.119. The molecule has 9 heteroatoms. The van der Waals surface area contributed by atoms with E-state index in [0.29, 0.717) is 0 Å². The van der Waals surface area contributed by atoms with E-state index in [0.717, 1.165) is 10.8 Å². The van der Waals surface area contributed by atoms with Crippen molar-refractivity contribution in [2.75, 3.05) is 25.1 Å². The average Bonchev–Trinajstić information content (AvgIpc) is 2.82. The van der Waals surface area contributed by atoms with Gasteiger partial charge < -0.3 is 24.6 Å². The maximum atomic E-state index is 12.4. The predicted molar refractivity (Wildman–Crippen MR) is 123 cm³/mol. The van der Waals surface area contributed by atoms with Crippen LogP contribution in [0.25, 0.3) is 10.8 Å². The van der Waals surface area contributed by atoms with Crippen molar-refractivity contribution >= 4 is 40.3 Å². The number of esters is 3. The van der Waals surface area contributed by atoms with Gasteiger partial charge in [0, 0.05) is 5.69 Å². The van der Waals surface area contributed by atoms with Gasteiger partial charge in [-0.25, -0.2) is 14.4 Å². The summed E-state index contributed by atoms with van der Waals surface area (Å²) in [5.74, 6) is -3.23. The molecule has 3 aromatic rings. The molecule has 3 rings (SSSR count). The normalized spacial score (nSPS) is 10.4. The molecule has 0 aliphatic heterocycles. The predicted octanol–water partition coefficient (Wildman–Crippen LogP) is 3.69. The highest BCUT2D eigenvalue weighted by atomic mass is 16.5. The van der Waals surface area contributed by atoms with Crippen LogP contribution in [-0.4, -0.2) is 48.7 Å². The molecule has 0 aromatic heterocycles. The lowest BCUT2D eigenvalue weighted by Crippen LogP contribution is -2.21. The van der Waals surface area contributed by atoms with E-state index in [1.54, 1.807) is 38.1 Å². The molecule has 0 fully saturated rings. The highest BCUT2D eigenvalue weighted by Gasteiger charge is 2.18. The van der Waals surface area contributed by atoms with Gasteiger partial charge in [0.1, 0.15) is 11.3 Å². The topological polar surface area (TPSA) is 128 Å². The second-order valence-corrected chi connectivity index (χ2v) is 7.08.